The standard InChI is InChI=1S/C17H24N2/c1-4-11-18-13-10-17(2,3)15-8-5-9-16-14(15)7-6-12-19-16/h5-9,12,18H,4,10-11,13H2,1-3H3. The highest BCUT2D eigenvalue weighted by atomic mass is 14.8. The van der Waals surface area contributed by atoms with E-state index in [9.17, 15) is 0 Å². The van der Waals surface area contributed by atoms with Crippen LogP contribution in [0.5, 0.6) is 0 Å². The highest BCUT2D eigenvalue weighted by Gasteiger charge is 2.22. The molecule has 0 aliphatic carbocycles. The zero-order valence-corrected chi connectivity index (χ0v) is 12.2. The van der Waals surface area contributed by atoms with Gasteiger partial charge < -0.3 is 5.32 Å². The molecular formula is C17H24N2. The lowest BCUT2D eigenvalue weighted by Crippen LogP contribution is -2.26. The summed E-state index contributed by atoms with van der Waals surface area (Å²) in [5.74, 6) is 0. The summed E-state index contributed by atoms with van der Waals surface area (Å²) in [6.45, 7) is 9.02. The van der Waals surface area contributed by atoms with Gasteiger partial charge in [0.05, 0.1) is 5.52 Å². The lowest BCUT2D eigenvalue weighted by molar-refractivity contribution is 0.460. The van der Waals surface area contributed by atoms with Crippen molar-refractivity contribution in [1.29, 1.82) is 0 Å². The molecule has 2 aromatic rings. The molecule has 102 valence electrons. The molecule has 2 rings (SSSR count). The number of hydrogen-bond acceptors (Lipinski definition) is 2. The summed E-state index contributed by atoms with van der Waals surface area (Å²) in [4.78, 5) is 4.45. The van der Waals surface area contributed by atoms with Gasteiger partial charge in [0.1, 0.15) is 0 Å². The Bertz CT molecular complexity index is 526. The van der Waals surface area contributed by atoms with E-state index in [4.69, 9.17) is 0 Å². The molecule has 0 saturated carbocycles. The molecule has 0 unspecified atom stereocenters. The van der Waals surface area contributed by atoms with Crippen LogP contribution in [0.3, 0.4) is 0 Å². The molecule has 0 amide bonds. The van der Waals surface area contributed by atoms with Crippen LogP contribution in [0.2, 0.25) is 0 Å². The Hall–Kier alpha value is -1.41. The van der Waals surface area contributed by atoms with Crippen molar-refractivity contribution >= 4 is 10.9 Å². The fraction of sp³-hybridized carbons (Fsp3) is 0.471. The lowest BCUT2D eigenvalue weighted by atomic mass is 9.79. The topological polar surface area (TPSA) is 24.9 Å². The summed E-state index contributed by atoms with van der Waals surface area (Å²) in [7, 11) is 0. The summed E-state index contributed by atoms with van der Waals surface area (Å²) < 4.78 is 0. The molecule has 0 atom stereocenters. The fourth-order valence-electron chi connectivity index (χ4n) is 2.53. The summed E-state index contributed by atoms with van der Waals surface area (Å²) >= 11 is 0. The van der Waals surface area contributed by atoms with Crippen LogP contribution in [0.1, 0.15) is 39.2 Å². The van der Waals surface area contributed by atoms with E-state index < -0.39 is 0 Å². The minimum atomic E-state index is 0.170. The zero-order chi connectivity index (χ0) is 13.7. The van der Waals surface area contributed by atoms with Gasteiger partial charge in [0.15, 0.2) is 0 Å². The van der Waals surface area contributed by atoms with Crippen molar-refractivity contribution in [3.8, 4) is 0 Å². The van der Waals surface area contributed by atoms with Crippen LogP contribution in [-0.2, 0) is 5.41 Å². The van der Waals surface area contributed by atoms with Crippen molar-refractivity contribution in [2.45, 2.75) is 39.0 Å². The van der Waals surface area contributed by atoms with Crippen molar-refractivity contribution in [2.75, 3.05) is 13.1 Å². The molecule has 0 radical (unpaired) electrons. The van der Waals surface area contributed by atoms with Crippen LogP contribution in [0.4, 0.5) is 0 Å². The van der Waals surface area contributed by atoms with Gasteiger partial charge in [0.2, 0.25) is 0 Å². The summed E-state index contributed by atoms with van der Waals surface area (Å²) in [5, 5.41) is 4.78. The van der Waals surface area contributed by atoms with E-state index >= 15 is 0 Å². The van der Waals surface area contributed by atoms with Crippen molar-refractivity contribution in [3.63, 3.8) is 0 Å². The summed E-state index contributed by atoms with van der Waals surface area (Å²) in [5.41, 5.74) is 2.66. The molecule has 1 aromatic carbocycles. The van der Waals surface area contributed by atoms with Gasteiger partial charge in [-0.05, 0) is 49.0 Å². The summed E-state index contributed by atoms with van der Waals surface area (Å²) in [6, 6.07) is 10.6. The average Bonchev–Trinajstić information content (AvgIpc) is 2.43. The van der Waals surface area contributed by atoms with Gasteiger partial charge in [0.25, 0.3) is 0 Å². The number of benzene rings is 1. The minimum absolute atomic E-state index is 0.170. The predicted octanol–water partition coefficient (Wildman–Crippen LogP) is 3.90. The first kappa shape index (κ1) is 14.0. The maximum Gasteiger partial charge on any atom is 0.0704 e. The van der Waals surface area contributed by atoms with Crippen molar-refractivity contribution in [2.24, 2.45) is 0 Å². The molecule has 2 heteroatoms. The van der Waals surface area contributed by atoms with E-state index in [0.717, 1.165) is 25.0 Å². The number of hydrogen-bond donors (Lipinski definition) is 1. The smallest absolute Gasteiger partial charge is 0.0704 e. The zero-order valence-electron chi connectivity index (χ0n) is 12.2. The van der Waals surface area contributed by atoms with Crippen molar-refractivity contribution in [1.82, 2.24) is 10.3 Å². The fourth-order valence-corrected chi connectivity index (χ4v) is 2.53. The third kappa shape index (κ3) is 3.32. The first-order chi connectivity index (χ1) is 9.15. The number of fused-ring (bicyclic) bond motifs is 1. The molecular weight excluding hydrogens is 232 g/mol. The first-order valence-electron chi connectivity index (χ1n) is 7.20. The van der Waals surface area contributed by atoms with Crippen LogP contribution >= 0.6 is 0 Å². The number of nitrogens with zero attached hydrogens (tertiary/aromatic N) is 1. The second kappa shape index (κ2) is 6.16. The molecule has 0 aliphatic rings. The van der Waals surface area contributed by atoms with E-state index in [0.29, 0.717) is 0 Å². The Morgan fingerprint density at radius 3 is 2.74 bits per heavy atom. The van der Waals surface area contributed by atoms with E-state index in [1.54, 1.807) is 0 Å². The third-order valence-corrected chi connectivity index (χ3v) is 3.73. The maximum absolute atomic E-state index is 4.45. The highest BCUT2D eigenvalue weighted by Crippen LogP contribution is 2.31. The Labute approximate surface area is 116 Å². The molecule has 1 aromatic heterocycles. The second-order valence-electron chi connectivity index (χ2n) is 5.76. The highest BCUT2D eigenvalue weighted by molar-refractivity contribution is 5.83. The van der Waals surface area contributed by atoms with Gasteiger partial charge >= 0.3 is 0 Å². The Balaban J connectivity index is 2.22. The Kier molecular flexibility index (Phi) is 4.54. The number of pyridine rings is 1. The monoisotopic (exact) mass is 256 g/mol. The SMILES string of the molecule is CCCNCCC(C)(C)c1cccc2ncccc12. The van der Waals surface area contributed by atoms with E-state index in [1.807, 2.05) is 12.3 Å². The minimum Gasteiger partial charge on any atom is -0.317 e. The van der Waals surface area contributed by atoms with Gasteiger partial charge in [-0.2, -0.15) is 0 Å². The molecule has 19 heavy (non-hydrogen) atoms. The van der Waals surface area contributed by atoms with Crippen LogP contribution in [0.15, 0.2) is 36.5 Å². The number of rotatable bonds is 6. The molecule has 1 N–H and O–H groups in total. The lowest BCUT2D eigenvalue weighted by Gasteiger charge is -2.27. The van der Waals surface area contributed by atoms with Gasteiger partial charge in [-0.15, -0.1) is 0 Å². The number of aromatic nitrogens is 1. The molecule has 0 saturated heterocycles. The van der Waals surface area contributed by atoms with Crippen LogP contribution in [-0.4, -0.2) is 18.1 Å². The second-order valence-corrected chi connectivity index (χ2v) is 5.76. The largest absolute Gasteiger partial charge is 0.317 e. The molecule has 0 fully saturated rings. The van der Waals surface area contributed by atoms with Crippen molar-refractivity contribution < 1.29 is 0 Å². The Morgan fingerprint density at radius 2 is 1.95 bits per heavy atom. The molecule has 1 heterocycles. The maximum atomic E-state index is 4.45. The molecule has 0 bridgehead atoms. The van der Waals surface area contributed by atoms with Gasteiger partial charge in [0, 0.05) is 11.6 Å². The van der Waals surface area contributed by atoms with Crippen LogP contribution < -0.4 is 5.32 Å². The molecule has 0 aliphatic heterocycles. The van der Waals surface area contributed by atoms with Crippen LogP contribution in [0.25, 0.3) is 10.9 Å². The third-order valence-electron chi connectivity index (χ3n) is 3.73. The molecule has 2 nitrogen and oxygen atoms in total. The molecule has 0 spiro atoms. The van der Waals surface area contributed by atoms with Crippen LogP contribution in [0, 0.1) is 0 Å². The Morgan fingerprint density at radius 1 is 1.11 bits per heavy atom. The van der Waals surface area contributed by atoms with E-state index in [1.165, 1.54) is 17.4 Å². The quantitative estimate of drug-likeness (QED) is 0.793. The van der Waals surface area contributed by atoms with Gasteiger partial charge in [-0.3, -0.25) is 4.98 Å². The van der Waals surface area contributed by atoms with Gasteiger partial charge in [-0.1, -0.05) is 39.0 Å². The summed E-state index contributed by atoms with van der Waals surface area (Å²) in [6.07, 6.45) is 4.20. The first-order valence-corrected chi connectivity index (χ1v) is 7.20. The van der Waals surface area contributed by atoms with Gasteiger partial charge in [-0.25, -0.2) is 0 Å². The van der Waals surface area contributed by atoms with E-state index in [-0.39, 0.29) is 5.41 Å². The predicted molar refractivity (Wildman–Crippen MR) is 82.5 cm³/mol. The van der Waals surface area contributed by atoms with Crippen molar-refractivity contribution in [3.05, 3.63) is 42.1 Å². The average molecular weight is 256 g/mol. The normalized spacial score (nSPS) is 11.9. The van der Waals surface area contributed by atoms with E-state index in [2.05, 4.69) is 55.3 Å². The number of nitrogens with one attached hydrogen (secondary N) is 1.